The van der Waals surface area contributed by atoms with Crippen LogP contribution in [0.3, 0.4) is 0 Å². The zero-order valence-corrected chi connectivity index (χ0v) is 11.8. The van der Waals surface area contributed by atoms with Crippen molar-refractivity contribution in [3.63, 3.8) is 0 Å². The van der Waals surface area contributed by atoms with Gasteiger partial charge in [-0.15, -0.1) is 0 Å². The molecule has 2 N–H and O–H groups in total. The number of carbonyl (C=O) groups excluding carboxylic acids is 1. The van der Waals surface area contributed by atoms with E-state index in [0.29, 0.717) is 0 Å². The van der Waals surface area contributed by atoms with Crippen LogP contribution in [0.1, 0.15) is 26.3 Å². The first-order valence-electron chi connectivity index (χ1n) is 6.72. The topological polar surface area (TPSA) is 50.4 Å². The van der Waals surface area contributed by atoms with Gasteiger partial charge in [0.05, 0.1) is 0 Å². The van der Waals surface area contributed by atoms with Gasteiger partial charge in [-0.3, -0.25) is 5.32 Å². The van der Waals surface area contributed by atoms with E-state index in [1.165, 1.54) is 5.56 Å². The second kappa shape index (κ2) is 5.61. The molecule has 0 atom stereocenters. The summed E-state index contributed by atoms with van der Waals surface area (Å²) in [6.45, 7) is 7.74. The number of nitrogens with one attached hydrogen (secondary N) is 2. The van der Waals surface area contributed by atoms with E-state index in [4.69, 9.17) is 4.74 Å². The van der Waals surface area contributed by atoms with Gasteiger partial charge in [0, 0.05) is 5.69 Å². The van der Waals surface area contributed by atoms with Crippen LogP contribution in [0.4, 0.5) is 10.5 Å². The number of hydrogen-bond donors (Lipinski definition) is 2. The Morgan fingerprint density at radius 3 is 2.74 bits per heavy atom. The van der Waals surface area contributed by atoms with Gasteiger partial charge in [-0.25, -0.2) is 4.79 Å². The Hall–Kier alpha value is -1.55. The Morgan fingerprint density at radius 1 is 1.42 bits per heavy atom. The number of anilines is 1. The first kappa shape index (κ1) is 13.9. The highest BCUT2D eigenvalue weighted by Gasteiger charge is 2.18. The minimum Gasteiger partial charge on any atom is -0.444 e. The molecule has 19 heavy (non-hydrogen) atoms. The lowest BCUT2D eigenvalue weighted by atomic mass is 9.94. The monoisotopic (exact) mass is 262 g/mol. The molecule has 4 nitrogen and oxygen atoms in total. The van der Waals surface area contributed by atoms with Crippen molar-refractivity contribution in [1.82, 2.24) is 5.32 Å². The van der Waals surface area contributed by atoms with E-state index in [2.05, 4.69) is 16.7 Å². The van der Waals surface area contributed by atoms with Gasteiger partial charge in [-0.05, 0) is 63.9 Å². The highest BCUT2D eigenvalue weighted by Crippen LogP contribution is 2.17. The van der Waals surface area contributed by atoms with Crippen molar-refractivity contribution in [2.45, 2.75) is 32.8 Å². The maximum atomic E-state index is 11.7. The third-order valence-electron chi connectivity index (χ3n) is 2.96. The van der Waals surface area contributed by atoms with Crippen molar-refractivity contribution in [3.05, 3.63) is 29.8 Å². The number of carbonyl (C=O) groups is 1. The van der Waals surface area contributed by atoms with Gasteiger partial charge in [0.2, 0.25) is 0 Å². The van der Waals surface area contributed by atoms with Gasteiger partial charge in [-0.2, -0.15) is 0 Å². The predicted octanol–water partition coefficient (Wildman–Crippen LogP) is 2.80. The number of ether oxygens (including phenoxy) is 1. The summed E-state index contributed by atoms with van der Waals surface area (Å²) in [4.78, 5) is 11.7. The van der Waals surface area contributed by atoms with Crippen LogP contribution in [0.25, 0.3) is 0 Å². The number of hydrogen-bond acceptors (Lipinski definition) is 3. The SMILES string of the molecule is CC(C)(C)OC(=O)Nc1cccc(CC2CNC2)c1. The molecule has 2 rings (SSSR count). The van der Waals surface area contributed by atoms with Crippen molar-refractivity contribution in [3.8, 4) is 0 Å². The summed E-state index contributed by atoms with van der Waals surface area (Å²) in [5.41, 5.74) is 1.57. The van der Waals surface area contributed by atoms with E-state index in [1.54, 1.807) is 0 Å². The summed E-state index contributed by atoms with van der Waals surface area (Å²) in [5.74, 6) is 0.719. The number of amides is 1. The standard InChI is InChI=1S/C15H22N2O2/c1-15(2,3)19-14(18)17-13-6-4-5-11(8-13)7-12-9-16-10-12/h4-6,8,12,16H,7,9-10H2,1-3H3,(H,17,18). The summed E-state index contributed by atoms with van der Waals surface area (Å²) < 4.78 is 5.23. The molecule has 1 heterocycles. The number of rotatable bonds is 3. The molecule has 1 aromatic carbocycles. The van der Waals surface area contributed by atoms with E-state index >= 15 is 0 Å². The van der Waals surface area contributed by atoms with Crippen LogP contribution in [-0.4, -0.2) is 24.8 Å². The predicted molar refractivity (Wildman–Crippen MR) is 76.4 cm³/mol. The minimum atomic E-state index is -0.473. The minimum absolute atomic E-state index is 0.407. The van der Waals surface area contributed by atoms with E-state index in [1.807, 2.05) is 39.0 Å². The smallest absolute Gasteiger partial charge is 0.412 e. The quantitative estimate of drug-likeness (QED) is 0.880. The maximum Gasteiger partial charge on any atom is 0.412 e. The van der Waals surface area contributed by atoms with Gasteiger partial charge < -0.3 is 10.1 Å². The summed E-state index contributed by atoms with van der Waals surface area (Å²) >= 11 is 0. The zero-order chi connectivity index (χ0) is 13.9. The van der Waals surface area contributed by atoms with Crippen molar-refractivity contribution < 1.29 is 9.53 Å². The largest absolute Gasteiger partial charge is 0.444 e. The molecule has 0 aliphatic carbocycles. The second-order valence-corrected chi connectivity index (χ2v) is 6.06. The maximum absolute atomic E-state index is 11.7. The average molecular weight is 262 g/mol. The first-order chi connectivity index (χ1) is 8.92. The van der Waals surface area contributed by atoms with E-state index in [-0.39, 0.29) is 0 Å². The Labute approximate surface area is 114 Å². The molecule has 0 saturated carbocycles. The third-order valence-corrected chi connectivity index (χ3v) is 2.96. The average Bonchev–Trinajstić information content (AvgIpc) is 2.21. The molecule has 1 fully saturated rings. The van der Waals surface area contributed by atoms with Crippen molar-refractivity contribution >= 4 is 11.8 Å². The van der Waals surface area contributed by atoms with Crippen LogP contribution in [0, 0.1) is 5.92 Å². The molecule has 1 aliphatic rings. The molecule has 1 saturated heterocycles. The van der Waals surface area contributed by atoms with Crippen molar-refractivity contribution in [2.24, 2.45) is 5.92 Å². The summed E-state index contributed by atoms with van der Waals surface area (Å²) in [6.07, 6.45) is 0.645. The molecule has 4 heteroatoms. The van der Waals surface area contributed by atoms with Crippen LogP contribution < -0.4 is 10.6 Å². The molecule has 0 spiro atoms. The molecule has 0 bridgehead atoms. The van der Waals surface area contributed by atoms with Crippen molar-refractivity contribution in [2.75, 3.05) is 18.4 Å². The summed E-state index contributed by atoms with van der Waals surface area (Å²) in [6, 6.07) is 7.96. The van der Waals surface area contributed by atoms with Crippen LogP contribution in [0.15, 0.2) is 24.3 Å². The molecule has 0 radical (unpaired) electrons. The molecule has 0 unspecified atom stereocenters. The molecular weight excluding hydrogens is 240 g/mol. The highest BCUT2D eigenvalue weighted by atomic mass is 16.6. The van der Waals surface area contributed by atoms with Crippen LogP contribution in [0.5, 0.6) is 0 Å². The van der Waals surface area contributed by atoms with Gasteiger partial charge in [-0.1, -0.05) is 12.1 Å². The molecular formula is C15H22N2O2. The third kappa shape index (κ3) is 4.56. The molecule has 0 aromatic heterocycles. The van der Waals surface area contributed by atoms with Gasteiger partial charge in [0.15, 0.2) is 0 Å². The Kier molecular flexibility index (Phi) is 4.10. The van der Waals surface area contributed by atoms with Crippen molar-refractivity contribution in [1.29, 1.82) is 0 Å². The van der Waals surface area contributed by atoms with Crippen LogP contribution in [0.2, 0.25) is 0 Å². The lowest BCUT2D eigenvalue weighted by Gasteiger charge is -2.27. The van der Waals surface area contributed by atoms with Gasteiger partial charge in [0.25, 0.3) is 0 Å². The second-order valence-electron chi connectivity index (χ2n) is 6.06. The summed E-state index contributed by atoms with van der Waals surface area (Å²) in [5, 5.41) is 6.04. The normalized spacial score (nSPS) is 15.7. The fourth-order valence-corrected chi connectivity index (χ4v) is 2.02. The fourth-order valence-electron chi connectivity index (χ4n) is 2.02. The lowest BCUT2D eigenvalue weighted by Crippen LogP contribution is -2.43. The fraction of sp³-hybridized carbons (Fsp3) is 0.533. The molecule has 1 amide bonds. The Morgan fingerprint density at radius 2 is 2.16 bits per heavy atom. The Bertz CT molecular complexity index is 448. The van der Waals surface area contributed by atoms with E-state index < -0.39 is 11.7 Å². The lowest BCUT2D eigenvalue weighted by molar-refractivity contribution is 0.0636. The zero-order valence-electron chi connectivity index (χ0n) is 11.8. The van der Waals surface area contributed by atoms with Gasteiger partial charge >= 0.3 is 6.09 Å². The van der Waals surface area contributed by atoms with E-state index in [0.717, 1.165) is 31.1 Å². The van der Waals surface area contributed by atoms with Crippen LogP contribution in [-0.2, 0) is 11.2 Å². The van der Waals surface area contributed by atoms with E-state index in [9.17, 15) is 4.79 Å². The number of benzene rings is 1. The summed E-state index contributed by atoms with van der Waals surface area (Å²) in [7, 11) is 0. The molecule has 1 aromatic rings. The van der Waals surface area contributed by atoms with Gasteiger partial charge in [0.1, 0.15) is 5.60 Å². The first-order valence-corrected chi connectivity index (χ1v) is 6.72. The highest BCUT2D eigenvalue weighted by molar-refractivity contribution is 5.84. The molecule has 1 aliphatic heterocycles. The Balaban J connectivity index is 1.92. The van der Waals surface area contributed by atoms with Crippen LogP contribution >= 0.6 is 0 Å². The molecule has 104 valence electrons.